The maximum atomic E-state index is 12.3. The molecule has 6 nitrogen and oxygen atoms in total. The number of carbonyl (C=O) groups excluding carboxylic acids is 1. The molecule has 6 heteroatoms. The van der Waals surface area contributed by atoms with Gasteiger partial charge in [0.15, 0.2) is 11.5 Å². The van der Waals surface area contributed by atoms with Crippen LogP contribution in [0.1, 0.15) is 38.8 Å². The molecule has 2 aliphatic rings. The van der Waals surface area contributed by atoms with Crippen molar-refractivity contribution in [2.24, 2.45) is 5.41 Å². The van der Waals surface area contributed by atoms with E-state index in [1.54, 1.807) is 0 Å². The Labute approximate surface area is 149 Å². The molecule has 1 N–H and O–H groups in total. The largest absolute Gasteiger partial charge is 0.454 e. The first kappa shape index (κ1) is 18.0. The van der Waals surface area contributed by atoms with E-state index in [2.05, 4.69) is 37.1 Å². The zero-order valence-electron chi connectivity index (χ0n) is 15.3. The van der Waals surface area contributed by atoms with Crippen LogP contribution in [0, 0.1) is 5.41 Å². The topological polar surface area (TPSA) is 60.0 Å². The van der Waals surface area contributed by atoms with Crippen LogP contribution in [0.3, 0.4) is 0 Å². The highest BCUT2D eigenvalue weighted by atomic mass is 16.7. The van der Waals surface area contributed by atoms with Crippen LogP contribution in [-0.2, 0) is 9.53 Å². The maximum absolute atomic E-state index is 12.3. The minimum Gasteiger partial charge on any atom is -0.454 e. The Morgan fingerprint density at radius 2 is 1.92 bits per heavy atom. The quantitative estimate of drug-likeness (QED) is 0.885. The van der Waals surface area contributed by atoms with E-state index in [0.717, 1.165) is 43.4 Å². The number of fused-ring (bicyclic) bond motifs is 1. The van der Waals surface area contributed by atoms with Crippen molar-refractivity contribution < 1.29 is 19.0 Å². The first-order chi connectivity index (χ1) is 11.9. The molecule has 138 valence electrons. The van der Waals surface area contributed by atoms with E-state index < -0.39 is 0 Å². The number of nitrogens with one attached hydrogen (secondary N) is 1. The van der Waals surface area contributed by atoms with Gasteiger partial charge < -0.3 is 19.5 Å². The summed E-state index contributed by atoms with van der Waals surface area (Å²) < 4.78 is 16.4. The van der Waals surface area contributed by atoms with E-state index in [-0.39, 0.29) is 24.2 Å². The van der Waals surface area contributed by atoms with Crippen LogP contribution in [0.15, 0.2) is 18.2 Å². The third-order valence-electron chi connectivity index (χ3n) is 4.45. The zero-order chi connectivity index (χ0) is 17.9. The predicted octanol–water partition coefficient (Wildman–Crippen LogP) is 2.34. The lowest BCUT2D eigenvalue weighted by molar-refractivity contribution is -0.123. The highest BCUT2D eigenvalue weighted by molar-refractivity contribution is 5.76. The van der Waals surface area contributed by atoms with Crippen LogP contribution in [-0.4, -0.2) is 50.4 Å². The third-order valence-corrected chi connectivity index (χ3v) is 4.45. The van der Waals surface area contributed by atoms with Crippen LogP contribution >= 0.6 is 0 Å². The first-order valence-electron chi connectivity index (χ1n) is 8.90. The van der Waals surface area contributed by atoms with Crippen molar-refractivity contribution in [2.45, 2.75) is 33.2 Å². The van der Waals surface area contributed by atoms with E-state index in [0.29, 0.717) is 13.0 Å². The molecule has 1 aromatic carbocycles. The first-order valence-corrected chi connectivity index (χ1v) is 8.90. The molecule has 1 saturated heterocycles. The number of rotatable bonds is 5. The van der Waals surface area contributed by atoms with Gasteiger partial charge in [0, 0.05) is 26.1 Å². The molecule has 0 saturated carbocycles. The molecule has 2 heterocycles. The fourth-order valence-corrected chi connectivity index (χ4v) is 3.22. The van der Waals surface area contributed by atoms with E-state index >= 15 is 0 Å². The van der Waals surface area contributed by atoms with Gasteiger partial charge in [-0.2, -0.15) is 0 Å². The summed E-state index contributed by atoms with van der Waals surface area (Å²) in [5.41, 5.74) is 1.11. The summed E-state index contributed by atoms with van der Waals surface area (Å²) in [6.07, 6.45) is 0.518. The Morgan fingerprint density at radius 1 is 1.20 bits per heavy atom. The van der Waals surface area contributed by atoms with Crippen LogP contribution in [0.25, 0.3) is 0 Å². The van der Waals surface area contributed by atoms with Crippen molar-refractivity contribution in [1.82, 2.24) is 10.2 Å². The van der Waals surface area contributed by atoms with Crippen molar-refractivity contribution >= 4 is 5.91 Å². The van der Waals surface area contributed by atoms with Gasteiger partial charge in [0.2, 0.25) is 12.7 Å². The normalized spacial score (nSPS) is 18.8. The van der Waals surface area contributed by atoms with E-state index in [4.69, 9.17) is 14.2 Å². The lowest BCUT2D eigenvalue weighted by Crippen LogP contribution is -2.44. The van der Waals surface area contributed by atoms with Crippen LogP contribution < -0.4 is 14.8 Å². The second kappa shape index (κ2) is 7.62. The van der Waals surface area contributed by atoms with Crippen molar-refractivity contribution in [3.8, 4) is 11.5 Å². The van der Waals surface area contributed by atoms with Gasteiger partial charge in [-0.15, -0.1) is 0 Å². The molecule has 2 aliphatic heterocycles. The van der Waals surface area contributed by atoms with E-state index in [1.807, 2.05) is 12.1 Å². The molecule has 0 aliphatic carbocycles. The summed E-state index contributed by atoms with van der Waals surface area (Å²) >= 11 is 0. The summed E-state index contributed by atoms with van der Waals surface area (Å²) in [7, 11) is 0. The van der Waals surface area contributed by atoms with Crippen molar-refractivity contribution in [1.29, 1.82) is 0 Å². The van der Waals surface area contributed by atoms with Crippen LogP contribution in [0.5, 0.6) is 11.5 Å². The second-order valence-electron chi connectivity index (χ2n) is 7.82. The number of nitrogens with zero attached hydrogens (tertiary/aromatic N) is 1. The van der Waals surface area contributed by atoms with Gasteiger partial charge in [-0.25, -0.2) is 0 Å². The molecule has 0 radical (unpaired) electrons. The smallest absolute Gasteiger partial charge is 0.231 e. The van der Waals surface area contributed by atoms with Crippen molar-refractivity contribution in [2.75, 3.05) is 39.6 Å². The molecule has 25 heavy (non-hydrogen) atoms. The van der Waals surface area contributed by atoms with Gasteiger partial charge in [0.05, 0.1) is 19.3 Å². The van der Waals surface area contributed by atoms with Gasteiger partial charge >= 0.3 is 0 Å². The molecule has 0 spiro atoms. The SMILES string of the molecule is CC(C)(C)CC(=O)NC[C@H](c1ccc2c(c1)OCO2)N1CCOCC1. The molecule has 0 bridgehead atoms. The molecule has 1 atom stereocenters. The number of ether oxygens (including phenoxy) is 3. The van der Waals surface area contributed by atoms with Crippen molar-refractivity contribution in [3.63, 3.8) is 0 Å². The second-order valence-corrected chi connectivity index (χ2v) is 7.82. The zero-order valence-corrected chi connectivity index (χ0v) is 15.3. The van der Waals surface area contributed by atoms with Gasteiger partial charge in [0.25, 0.3) is 0 Å². The van der Waals surface area contributed by atoms with Gasteiger partial charge in [-0.3, -0.25) is 9.69 Å². The van der Waals surface area contributed by atoms with Gasteiger partial charge in [-0.05, 0) is 23.1 Å². The molecule has 0 unspecified atom stereocenters. The number of hydrogen-bond acceptors (Lipinski definition) is 5. The molecule has 3 rings (SSSR count). The maximum Gasteiger partial charge on any atom is 0.231 e. The molecule has 1 amide bonds. The summed E-state index contributed by atoms with van der Waals surface area (Å²) in [5.74, 6) is 1.64. The lowest BCUT2D eigenvalue weighted by atomic mass is 9.92. The molecule has 1 fully saturated rings. The lowest BCUT2D eigenvalue weighted by Gasteiger charge is -2.35. The Kier molecular flexibility index (Phi) is 5.49. The van der Waals surface area contributed by atoms with Crippen LogP contribution in [0.2, 0.25) is 0 Å². The molecule has 0 aromatic heterocycles. The minimum absolute atomic E-state index is 0.0166. The molecular weight excluding hydrogens is 320 g/mol. The number of amides is 1. The summed E-state index contributed by atoms with van der Waals surface area (Å²) in [6, 6.07) is 6.13. The average Bonchev–Trinajstić information content (AvgIpc) is 3.02. The summed E-state index contributed by atoms with van der Waals surface area (Å²) in [5, 5.41) is 3.11. The van der Waals surface area contributed by atoms with E-state index in [9.17, 15) is 4.79 Å². The monoisotopic (exact) mass is 348 g/mol. The average molecular weight is 348 g/mol. The summed E-state index contributed by atoms with van der Waals surface area (Å²) in [6.45, 7) is 10.2. The molecule has 1 aromatic rings. The van der Waals surface area contributed by atoms with E-state index in [1.165, 1.54) is 0 Å². The fourth-order valence-electron chi connectivity index (χ4n) is 3.22. The number of hydrogen-bond donors (Lipinski definition) is 1. The van der Waals surface area contributed by atoms with Crippen molar-refractivity contribution in [3.05, 3.63) is 23.8 Å². The Morgan fingerprint density at radius 3 is 2.64 bits per heavy atom. The highest BCUT2D eigenvalue weighted by Crippen LogP contribution is 2.35. The Hall–Kier alpha value is -1.79. The number of benzene rings is 1. The third kappa shape index (κ3) is 4.86. The fraction of sp³-hybridized carbons (Fsp3) is 0.632. The Bertz CT molecular complexity index is 606. The number of morpholine rings is 1. The highest BCUT2D eigenvalue weighted by Gasteiger charge is 2.26. The summed E-state index contributed by atoms with van der Waals surface area (Å²) in [4.78, 5) is 14.6. The molecular formula is C19H28N2O4. The van der Waals surface area contributed by atoms with Gasteiger partial charge in [0.1, 0.15) is 0 Å². The minimum atomic E-state index is -0.0166. The van der Waals surface area contributed by atoms with Gasteiger partial charge in [-0.1, -0.05) is 26.8 Å². The number of carbonyl (C=O) groups is 1. The van der Waals surface area contributed by atoms with Crippen LogP contribution in [0.4, 0.5) is 0 Å². The standard InChI is InChI=1S/C19H28N2O4/c1-19(2,3)11-18(22)20-12-15(21-6-8-23-9-7-21)14-4-5-16-17(10-14)25-13-24-16/h4-5,10,15H,6-9,11-13H2,1-3H3,(H,20,22)/t15-/m1/s1. The Balaban J connectivity index is 1.72. The predicted molar refractivity (Wildman–Crippen MR) is 94.8 cm³/mol.